The summed E-state index contributed by atoms with van der Waals surface area (Å²) in [4.78, 5) is 27.2. The number of nitrogens with zero attached hydrogens (tertiary/aromatic N) is 1. The molecule has 2 aromatic rings. The van der Waals surface area contributed by atoms with Crippen molar-refractivity contribution in [3.05, 3.63) is 63.6 Å². The summed E-state index contributed by atoms with van der Waals surface area (Å²) in [6, 6.07) is 12.1. The lowest BCUT2D eigenvalue weighted by molar-refractivity contribution is -0.142. The van der Waals surface area contributed by atoms with Crippen LogP contribution in [0, 0.1) is 0 Å². The maximum atomic E-state index is 13.1. The van der Waals surface area contributed by atoms with Gasteiger partial charge in [-0.1, -0.05) is 55.2 Å². The topological polar surface area (TPSA) is 58.6 Å². The van der Waals surface area contributed by atoms with Crippen molar-refractivity contribution >= 4 is 35.0 Å². The minimum absolute atomic E-state index is 0.116. The second kappa shape index (κ2) is 11.8. The van der Waals surface area contributed by atoms with E-state index in [4.69, 9.17) is 27.9 Å². The van der Waals surface area contributed by atoms with Crippen LogP contribution in [0.3, 0.4) is 0 Å². The summed E-state index contributed by atoms with van der Waals surface area (Å²) in [6.45, 7) is 6.17. The quantitative estimate of drug-likeness (QED) is 0.560. The summed E-state index contributed by atoms with van der Waals surface area (Å²) in [7, 11) is 0. The molecule has 5 nitrogen and oxygen atoms in total. The van der Waals surface area contributed by atoms with Gasteiger partial charge in [0.1, 0.15) is 11.8 Å². The van der Waals surface area contributed by atoms with Crippen molar-refractivity contribution in [3.63, 3.8) is 0 Å². The van der Waals surface area contributed by atoms with Crippen LogP contribution in [0.5, 0.6) is 5.75 Å². The molecule has 0 spiro atoms. The molecule has 0 fully saturated rings. The first-order chi connectivity index (χ1) is 14.4. The van der Waals surface area contributed by atoms with Crippen LogP contribution in [-0.4, -0.2) is 35.9 Å². The summed E-state index contributed by atoms with van der Waals surface area (Å²) >= 11 is 12.6. The zero-order valence-electron chi connectivity index (χ0n) is 17.6. The van der Waals surface area contributed by atoms with Gasteiger partial charge < -0.3 is 15.0 Å². The lowest BCUT2D eigenvalue weighted by atomic mass is 10.1. The number of nitrogens with one attached hydrogen (secondary N) is 1. The molecule has 0 aliphatic carbocycles. The lowest BCUT2D eigenvalue weighted by Gasteiger charge is -2.31. The number of hydrogen-bond donors (Lipinski definition) is 1. The molecule has 0 aliphatic heterocycles. The van der Waals surface area contributed by atoms with E-state index in [9.17, 15) is 9.59 Å². The van der Waals surface area contributed by atoms with E-state index in [1.54, 1.807) is 18.2 Å². The normalized spacial score (nSPS) is 11.6. The first-order valence-electron chi connectivity index (χ1n) is 10.1. The molecule has 0 saturated heterocycles. The Kier molecular flexibility index (Phi) is 9.47. The van der Waals surface area contributed by atoms with Gasteiger partial charge in [-0.15, -0.1) is 0 Å². The lowest BCUT2D eigenvalue weighted by Crippen LogP contribution is -2.50. The molecule has 162 valence electrons. The van der Waals surface area contributed by atoms with Crippen LogP contribution in [0.1, 0.15) is 38.3 Å². The highest BCUT2D eigenvalue weighted by Gasteiger charge is 2.29. The molecule has 30 heavy (non-hydrogen) atoms. The molecule has 0 saturated carbocycles. The van der Waals surface area contributed by atoms with Crippen molar-refractivity contribution in [1.29, 1.82) is 0 Å². The van der Waals surface area contributed by atoms with E-state index >= 15 is 0 Å². The molecule has 1 atom stereocenters. The van der Waals surface area contributed by atoms with E-state index in [2.05, 4.69) is 12.2 Å². The number of aryl methyl sites for hydroxylation is 1. The van der Waals surface area contributed by atoms with E-state index < -0.39 is 6.04 Å². The molecule has 2 aromatic carbocycles. The first-order valence-corrected chi connectivity index (χ1v) is 10.9. The number of likely N-dealkylation sites (N-methyl/N-ethyl adjacent to an activating group) is 1. The number of carbonyl (C=O) groups excluding carboxylic acids is 2. The molecule has 0 aromatic heterocycles. The van der Waals surface area contributed by atoms with Crippen LogP contribution >= 0.6 is 23.2 Å². The van der Waals surface area contributed by atoms with Crippen LogP contribution in [0.4, 0.5) is 0 Å². The van der Waals surface area contributed by atoms with E-state index in [1.807, 2.05) is 38.1 Å². The van der Waals surface area contributed by atoms with Gasteiger partial charge in [0.05, 0.1) is 0 Å². The Morgan fingerprint density at radius 2 is 1.67 bits per heavy atom. The summed E-state index contributed by atoms with van der Waals surface area (Å²) in [6.07, 6.45) is 1.38. The first kappa shape index (κ1) is 24.0. The monoisotopic (exact) mass is 450 g/mol. The number of amides is 2. The number of rotatable bonds is 10. The van der Waals surface area contributed by atoms with Crippen molar-refractivity contribution in [3.8, 4) is 5.75 Å². The van der Waals surface area contributed by atoms with Gasteiger partial charge in [-0.2, -0.15) is 0 Å². The molecule has 0 aliphatic rings. The third kappa shape index (κ3) is 6.38. The predicted molar refractivity (Wildman–Crippen MR) is 121 cm³/mol. The molecular formula is C23H28Cl2N2O3. The minimum Gasteiger partial charge on any atom is -0.484 e. The Labute approximate surface area is 188 Å². The Balaban J connectivity index is 2.24. The number of halogens is 2. The predicted octanol–water partition coefficient (Wildman–Crippen LogP) is 4.88. The van der Waals surface area contributed by atoms with Gasteiger partial charge in [0.25, 0.3) is 5.91 Å². The Morgan fingerprint density at radius 1 is 1.03 bits per heavy atom. The maximum Gasteiger partial charge on any atom is 0.261 e. The van der Waals surface area contributed by atoms with Crippen molar-refractivity contribution in [2.24, 2.45) is 0 Å². The summed E-state index contributed by atoms with van der Waals surface area (Å²) in [5.74, 6) is 0.0646. The molecule has 2 amide bonds. The van der Waals surface area contributed by atoms with Crippen molar-refractivity contribution < 1.29 is 14.3 Å². The van der Waals surface area contributed by atoms with Gasteiger partial charge in [-0.05, 0) is 49.6 Å². The average Bonchev–Trinajstić information content (AvgIpc) is 2.74. The molecule has 2 rings (SSSR count). The second-order valence-electron chi connectivity index (χ2n) is 6.83. The fraction of sp³-hybridized carbons (Fsp3) is 0.391. The largest absolute Gasteiger partial charge is 0.484 e. The van der Waals surface area contributed by atoms with Gasteiger partial charge in [-0.3, -0.25) is 9.59 Å². The average molecular weight is 451 g/mol. The zero-order valence-corrected chi connectivity index (χ0v) is 19.1. The highest BCUT2D eigenvalue weighted by molar-refractivity contribution is 6.36. The molecule has 7 heteroatoms. The fourth-order valence-electron chi connectivity index (χ4n) is 3.11. The van der Waals surface area contributed by atoms with Crippen molar-refractivity contribution in [1.82, 2.24) is 10.2 Å². The molecule has 0 bridgehead atoms. The van der Waals surface area contributed by atoms with Crippen LogP contribution in [0.25, 0.3) is 0 Å². The van der Waals surface area contributed by atoms with Crippen LogP contribution < -0.4 is 10.1 Å². The number of carbonyl (C=O) groups is 2. The van der Waals surface area contributed by atoms with Crippen LogP contribution in [0.15, 0.2) is 42.5 Å². The maximum absolute atomic E-state index is 13.1. The number of hydrogen-bond acceptors (Lipinski definition) is 3. The van der Waals surface area contributed by atoms with Gasteiger partial charge in [-0.25, -0.2) is 0 Å². The summed E-state index contributed by atoms with van der Waals surface area (Å²) in [5.41, 5.74) is 1.79. The molecule has 1 N–H and O–H groups in total. The van der Waals surface area contributed by atoms with E-state index in [1.165, 1.54) is 10.5 Å². The SMILES string of the molecule is CCNC(=O)[C@@H](CC)N(Cc1c(Cl)cccc1Cl)C(=O)COc1ccc(CC)cc1. The van der Waals surface area contributed by atoms with Crippen molar-refractivity contribution in [2.45, 2.75) is 46.2 Å². The standard InChI is InChI=1S/C23H28Cl2N2O3/c1-4-16-10-12-17(13-11-16)30-15-22(28)27(21(5-2)23(29)26-6-3)14-18-19(24)8-7-9-20(18)25/h7-13,21H,4-6,14-15H2,1-3H3,(H,26,29)/t21-/m1/s1. The molecular weight excluding hydrogens is 423 g/mol. The smallest absolute Gasteiger partial charge is 0.261 e. The highest BCUT2D eigenvalue weighted by Crippen LogP contribution is 2.27. The Hall–Kier alpha value is -2.24. The van der Waals surface area contributed by atoms with Crippen molar-refractivity contribution in [2.75, 3.05) is 13.2 Å². The molecule has 0 radical (unpaired) electrons. The second-order valence-corrected chi connectivity index (χ2v) is 7.64. The van der Waals surface area contributed by atoms with Gasteiger partial charge in [0.2, 0.25) is 5.91 Å². The van der Waals surface area contributed by atoms with Crippen LogP contribution in [0.2, 0.25) is 10.0 Å². The summed E-state index contributed by atoms with van der Waals surface area (Å²) in [5, 5.41) is 3.69. The van der Waals surface area contributed by atoms with Gasteiger partial charge in [0, 0.05) is 28.7 Å². The van der Waals surface area contributed by atoms with E-state index in [0.29, 0.717) is 34.3 Å². The molecule has 0 heterocycles. The van der Waals surface area contributed by atoms with Gasteiger partial charge in [0.15, 0.2) is 6.61 Å². The fourth-order valence-corrected chi connectivity index (χ4v) is 3.63. The number of ether oxygens (including phenoxy) is 1. The van der Waals surface area contributed by atoms with Crippen LogP contribution in [-0.2, 0) is 22.6 Å². The molecule has 0 unspecified atom stereocenters. The van der Waals surface area contributed by atoms with E-state index in [0.717, 1.165) is 6.42 Å². The van der Waals surface area contributed by atoms with E-state index in [-0.39, 0.29) is 25.0 Å². The highest BCUT2D eigenvalue weighted by atomic mass is 35.5. The zero-order chi connectivity index (χ0) is 22.1. The third-order valence-electron chi connectivity index (χ3n) is 4.82. The number of benzene rings is 2. The Bertz CT molecular complexity index is 836. The summed E-state index contributed by atoms with van der Waals surface area (Å²) < 4.78 is 5.69. The van der Waals surface area contributed by atoms with Gasteiger partial charge >= 0.3 is 0 Å². The Morgan fingerprint density at radius 3 is 2.20 bits per heavy atom. The minimum atomic E-state index is -0.657. The third-order valence-corrected chi connectivity index (χ3v) is 5.53.